The van der Waals surface area contributed by atoms with Crippen LogP contribution in [-0.2, 0) is 4.79 Å². The van der Waals surface area contributed by atoms with E-state index in [1.54, 1.807) is 24.3 Å². The fraction of sp³-hybridized carbons (Fsp3) is 0.0667. The van der Waals surface area contributed by atoms with Crippen molar-refractivity contribution in [2.45, 2.75) is 0 Å². The number of hydrogen-bond acceptors (Lipinski definition) is 3. The molecule has 0 unspecified atom stereocenters. The predicted molar refractivity (Wildman–Crippen MR) is 81.6 cm³/mol. The molecule has 0 fully saturated rings. The van der Waals surface area contributed by atoms with Crippen molar-refractivity contribution in [2.24, 2.45) is 5.10 Å². The zero-order valence-corrected chi connectivity index (χ0v) is 13.7. The van der Waals surface area contributed by atoms with Gasteiger partial charge in [-0.05, 0) is 18.2 Å². The van der Waals surface area contributed by atoms with Gasteiger partial charge in [-0.2, -0.15) is 5.10 Å². The van der Waals surface area contributed by atoms with Gasteiger partial charge in [-0.25, -0.2) is 27.4 Å². The number of ether oxygens (including phenoxy) is 1. The minimum atomic E-state index is -2.28. The second-order valence-electron chi connectivity index (χ2n) is 4.52. The Labute approximate surface area is 146 Å². The molecule has 4 nitrogen and oxygen atoms in total. The molecule has 0 radical (unpaired) electrons. The first-order chi connectivity index (χ1) is 11.8. The number of hydrogen-bond donors (Lipinski definition) is 1. The largest absolute Gasteiger partial charge is 0.484 e. The van der Waals surface area contributed by atoms with Gasteiger partial charge in [0.05, 0.1) is 11.8 Å². The van der Waals surface area contributed by atoms with E-state index >= 15 is 0 Å². The van der Waals surface area contributed by atoms with E-state index in [0.717, 1.165) is 4.47 Å². The van der Waals surface area contributed by atoms with Crippen molar-refractivity contribution in [1.29, 1.82) is 0 Å². The number of halogens is 6. The number of benzene rings is 2. The van der Waals surface area contributed by atoms with Gasteiger partial charge in [0.15, 0.2) is 29.9 Å². The second-order valence-corrected chi connectivity index (χ2v) is 5.44. The molecule has 2 rings (SSSR count). The normalized spacial score (nSPS) is 11.0. The molecular weight excluding hydrogens is 415 g/mol. The van der Waals surface area contributed by atoms with Gasteiger partial charge in [-0.3, -0.25) is 4.79 Å². The summed E-state index contributed by atoms with van der Waals surface area (Å²) in [5.41, 5.74) is 0.572. The molecule has 0 aromatic heterocycles. The van der Waals surface area contributed by atoms with E-state index in [2.05, 4.69) is 21.0 Å². The molecule has 0 heterocycles. The first-order valence-corrected chi connectivity index (χ1v) is 7.32. The number of nitrogens with zero attached hydrogens (tertiary/aromatic N) is 1. The fourth-order valence-electron chi connectivity index (χ4n) is 1.64. The Bertz CT molecular complexity index is 816. The maximum atomic E-state index is 13.4. The average Bonchev–Trinajstić information content (AvgIpc) is 2.59. The highest BCUT2D eigenvalue weighted by atomic mass is 79.9. The summed E-state index contributed by atoms with van der Waals surface area (Å²) < 4.78 is 71.5. The maximum Gasteiger partial charge on any atom is 0.277 e. The molecule has 25 heavy (non-hydrogen) atoms. The quantitative estimate of drug-likeness (QED) is 0.262. The van der Waals surface area contributed by atoms with Gasteiger partial charge in [0, 0.05) is 4.47 Å². The third-order valence-corrected chi connectivity index (χ3v) is 3.29. The highest BCUT2D eigenvalue weighted by Crippen LogP contribution is 2.21. The lowest BCUT2D eigenvalue weighted by Gasteiger charge is -2.06. The Balaban J connectivity index is 2.00. The highest BCUT2D eigenvalue weighted by molar-refractivity contribution is 9.10. The van der Waals surface area contributed by atoms with Crippen molar-refractivity contribution >= 4 is 28.1 Å². The van der Waals surface area contributed by atoms with E-state index in [9.17, 15) is 26.7 Å². The van der Waals surface area contributed by atoms with E-state index in [1.165, 1.54) is 0 Å². The van der Waals surface area contributed by atoms with Crippen LogP contribution in [0.2, 0.25) is 0 Å². The number of hydrazone groups is 1. The molecule has 0 bridgehead atoms. The summed E-state index contributed by atoms with van der Waals surface area (Å²) in [5.74, 6) is -11.0. The summed E-state index contributed by atoms with van der Waals surface area (Å²) >= 11 is 3.20. The average molecular weight is 423 g/mol. The predicted octanol–water partition coefficient (Wildman–Crippen LogP) is 3.67. The van der Waals surface area contributed by atoms with Gasteiger partial charge in [-0.1, -0.05) is 22.0 Å². The first-order valence-electron chi connectivity index (χ1n) is 6.53. The molecule has 0 atom stereocenters. The fourth-order valence-corrected chi connectivity index (χ4v) is 2.02. The molecule has 2 aromatic carbocycles. The summed E-state index contributed by atoms with van der Waals surface area (Å²) in [7, 11) is 0. The highest BCUT2D eigenvalue weighted by Gasteiger charge is 2.24. The lowest BCUT2D eigenvalue weighted by Crippen LogP contribution is -2.24. The summed E-state index contributed by atoms with van der Waals surface area (Å²) in [6.07, 6.45) is 0.313. The number of amides is 1. The van der Waals surface area contributed by atoms with Gasteiger partial charge in [0.25, 0.3) is 5.91 Å². The van der Waals surface area contributed by atoms with Crippen molar-refractivity contribution in [3.8, 4) is 5.75 Å². The van der Waals surface area contributed by atoms with Crippen molar-refractivity contribution in [2.75, 3.05) is 6.61 Å². The molecule has 0 aliphatic carbocycles. The van der Waals surface area contributed by atoms with E-state index in [0.29, 0.717) is 12.0 Å². The van der Waals surface area contributed by atoms with Gasteiger partial charge < -0.3 is 4.74 Å². The Hall–Kier alpha value is -2.49. The molecule has 0 aliphatic heterocycles. The van der Waals surface area contributed by atoms with Crippen LogP contribution in [0, 0.1) is 29.1 Å². The molecule has 0 saturated carbocycles. The Morgan fingerprint density at radius 1 is 1.08 bits per heavy atom. The van der Waals surface area contributed by atoms with Crippen molar-refractivity contribution in [3.63, 3.8) is 0 Å². The number of rotatable bonds is 5. The van der Waals surface area contributed by atoms with Gasteiger partial charge >= 0.3 is 0 Å². The maximum absolute atomic E-state index is 13.4. The van der Waals surface area contributed by atoms with Crippen molar-refractivity contribution in [3.05, 3.63) is 63.4 Å². The van der Waals surface area contributed by atoms with Crippen LogP contribution in [0.25, 0.3) is 0 Å². The standard InChI is InChI=1S/C15H8BrF5N2O2/c16-7-2-1-3-8(4-7)25-6-10(24)23-22-5-9-11(17)13(19)15(21)14(20)12(9)18/h1-5H,6H2,(H,23,24). The minimum Gasteiger partial charge on any atom is -0.484 e. The van der Waals surface area contributed by atoms with Crippen LogP contribution in [0.4, 0.5) is 22.0 Å². The molecule has 0 spiro atoms. The van der Waals surface area contributed by atoms with Crippen LogP contribution >= 0.6 is 15.9 Å². The SMILES string of the molecule is O=C(COc1cccc(Br)c1)NN=Cc1c(F)c(F)c(F)c(F)c1F. The molecule has 2 aromatic rings. The Morgan fingerprint density at radius 3 is 2.28 bits per heavy atom. The van der Waals surface area contributed by atoms with Crippen LogP contribution in [0.1, 0.15) is 5.56 Å². The molecular formula is C15H8BrF5N2O2. The Morgan fingerprint density at radius 2 is 1.68 bits per heavy atom. The lowest BCUT2D eigenvalue weighted by atomic mass is 10.2. The summed E-state index contributed by atoms with van der Waals surface area (Å²) in [4.78, 5) is 11.5. The minimum absolute atomic E-state index is 0.313. The topological polar surface area (TPSA) is 50.7 Å². The van der Waals surface area contributed by atoms with Crippen LogP contribution < -0.4 is 10.2 Å². The third-order valence-electron chi connectivity index (χ3n) is 2.79. The second kappa shape index (κ2) is 8.06. The number of nitrogens with one attached hydrogen (secondary N) is 1. The number of carbonyl (C=O) groups is 1. The Kier molecular flexibility index (Phi) is 6.07. The van der Waals surface area contributed by atoms with Gasteiger partial charge in [0.1, 0.15) is 5.75 Å². The molecule has 1 amide bonds. The zero-order valence-electron chi connectivity index (χ0n) is 12.1. The van der Waals surface area contributed by atoms with Crippen LogP contribution in [0.15, 0.2) is 33.8 Å². The van der Waals surface area contributed by atoms with Crippen molar-refractivity contribution in [1.82, 2.24) is 5.43 Å². The zero-order chi connectivity index (χ0) is 18.6. The summed E-state index contributed by atoms with van der Waals surface area (Å²) in [6.45, 7) is -0.481. The summed E-state index contributed by atoms with van der Waals surface area (Å²) in [6, 6.07) is 6.57. The van der Waals surface area contributed by atoms with Crippen molar-refractivity contribution < 1.29 is 31.5 Å². The van der Waals surface area contributed by atoms with Crippen LogP contribution in [0.5, 0.6) is 5.75 Å². The lowest BCUT2D eigenvalue weighted by molar-refractivity contribution is -0.123. The number of carbonyl (C=O) groups excluding carboxylic acids is 1. The van der Waals surface area contributed by atoms with E-state index in [-0.39, 0.29) is 0 Å². The van der Waals surface area contributed by atoms with Crippen LogP contribution in [-0.4, -0.2) is 18.7 Å². The molecule has 0 aliphatic rings. The van der Waals surface area contributed by atoms with Gasteiger partial charge in [-0.15, -0.1) is 0 Å². The molecule has 1 N–H and O–H groups in total. The van der Waals surface area contributed by atoms with E-state index in [4.69, 9.17) is 4.74 Å². The van der Waals surface area contributed by atoms with E-state index in [1.807, 2.05) is 5.43 Å². The first kappa shape index (κ1) is 18.8. The van der Waals surface area contributed by atoms with E-state index < -0.39 is 47.2 Å². The smallest absolute Gasteiger partial charge is 0.277 e. The third kappa shape index (κ3) is 4.53. The summed E-state index contributed by atoms with van der Waals surface area (Å²) in [5, 5.41) is 3.16. The van der Waals surface area contributed by atoms with Gasteiger partial charge in [0.2, 0.25) is 5.82 Å². The molecule has 132 valence electrons. The monoisotopic (exact) mass is 422 g/mol. The molecule has 10 heteroatoms. The molecule has 0 saturated heterocycles. The van der Waals surface area contributed by atoms with Crippen LogP contribution in [0.3, 0.4) is 0 Å².